The van der Waals surface area contributed by atoms with Gasteiger partial charge >= 0.3 is 0 Å². The number of unbranched alkanes of at least 4 members (excludes halogenated alkanes) is 1. The minimum absolute atomic E-state index is 0.140. The first kappa shape index (κ1) is 27.6. The van der Waals surface area contributed by atoms with Crippen LogP contribution in [0.25, 0.3) is 0 Å². The lowest BCUT2D eigenvalue weighted by molar-refractivity contribution is -0.458. The fourth-order valence-corrected chi connectivity index (χ4v) is 5.97. The molecule has 0 radical (unpaired) electrons. The Kier molecular flexibility index (Phi) is 9.76. The first-order chi connectivity index (χ1) is 18.6. The summed E-state index contributed by atoms with van der Waals surface area (Å²) in [5.41, 5.74) is 8.45. The smallest absolute Gasteiger partial charge is 0.164 e. The zero-order chi connectivity index (χ0) is 26.8. The van der Waals surface area contributed by atoms with Gasteiger partial charge in [-0.1, -0.05) is 111 Å². The van der Waals surface area contributed by atoms with E-state index >= 15 is 0 Å². The summed E-state index contributed by atoms with van der Waals surface area (Å²) in [5, 5.41) is 0. The molecule has 0 atom stereocenters. The van der Waals surface area contributed by atoms with Gasteiger partial charge in [-0.05, 0) is 61.3 Å². The molecule has 1 aliphatic heterocycles. The van der Waals surface area contributed by atoms with Crippen LogP contribution in [0.1, 0.15) is 62.6 Å². The van der Waals surface area contributed by atoms with Crippen molar-refractivity contribution in [3.8, 4) is 0 Å². The van der Waals surface area contributed by atoms with Crippen LogP contribution in [-0.2, 0) is 18.3 Å². The Labute approximate surface area is 231 Å². The summed E-state index contributed by atoms with van der Waals surface area (Å²) in [5.74, 6) is 0. The van der Waals surface area contributed by atoms with Gasteiger partial charge in [-0.15, -0.1) is 0 Å². The van der Waals surface area contributed by atoms with E-state index in [-0.39, 0.29) is 5.41 Å². The van der Waals surface area contributed by atoms with Crippen molar-refractivity contribution in [2.45, 2.75) is 64.2 Å². The summed E-state index contributed by atoms with van der Waals surface area (Å²) in [6.07, 6.45) is 15.0. The highest BCUT2D eigenvalue weighted by Crippen LogP contribution is 2.51. The number of fused-ring (bicyclic) bond motifs is 1. The Morgan fingerprint density at radius 1 is 0.816 bits per heavy atom. The minimum Gasteiger partial charge on any atom is -0.344 e. The van der Waals surface area contributed by atoms with Gasteiger partial charge in [0.1, 0.15) is 14.1 Å². The van der Waals surface area contributed by atoms with Crippen LogP contribution >= 0.6 is 0 Å². The molecule has 0 aromatic heterocycles. The van der Waals surface area contributed by atoms with Gasteiger partial charge in [-0.25, -0.2) is 4.58 Å². The van der Waals surface area contributed by atoms with E-state index in [0.29, 0.717) is 0 Å². The fraction of sp³-hybridized carbons (Fsp3) is 0.361. The second-order valence-electron chi connectivity index (χ2n) is 10.8. The van der Waals surface area contributed by atoms with E-state index in [9.17, 15) is 0 Å². The molecule has 1 heterocycles. The summed E-state index contributed by atoms with van der Waals surface area (Å²) >= 11 is 0. The molecule has 2 nitrogen and oxygen atoms in total. The molecule has 4 rings (SSSR count). The molecule has 0 spiro atoms. The van der Waals surface area contributed by atoms with Crippen molar-refractivity contribution >= 4 is 11.9 Å². The maximum atomic E-state index is 2.63. The molecule has 0 N–H and O–H groups in total. The molecular weight excluding hydrogens is 460 g/mol. The number of allylic oxidation sites excluding steroid dienone is 4. The zero-order valence-electron chi connectivity index (χ0n) is 23.9. The molecule has 0 saturated carbocycles. The number of nitrogens with zero attached hydrogens (tertiary/aromatic N) is 2. The molecule has 0 aliphatic carbocycles. The van der Waals surface area contributed by atoms with E-state index in [1.54, 1.807) is 5.57 Å². The van der Waals surface area contributed by atoms with Gasteiger partial charge in [0.25, 0.3) is 0 Å². The van der Waals surface area contributed by atoms with Crippen LogP contribution in [0.2, 0.25) is 0 Å². The summed E-state index contributed by atoms with van der Waals surface area (Å²) in [4.78, 5) is 2.63. The summed E-state index contributed by atoms with van der Waals surface area (Å²) in [7, 11) is 4.23. The largest absolute Gasteiger partial charge is 0.344 e. The van der Waals surface area contributed by atoms with E-state index in [0.717, 1.165) is 32.2 Å². The van der Waals surface area contributed by atoms with Crippen molar-refractivity contribution in [3.63, 3.8) is 0 Å². The molecule has 0 fully saturated rings. The maximum Gasteiger partial charge on any atom is 0.164 e. The standard InChI is InChI=1S/C36H45N2/c1-5-17-30(6-2)18-15-16-26-38-34-24-14-13-23-33(34)36(35(38)25-27-37(3)4,28-31-19-9-7-10-20-31)29-32-21-11-8-12-22-32/h7-14,18-25,27H,5-6,15-17,26,28-29H2,1-4H3/q+1/b30-18+. The highest BCUT2D eigenvalue weighted by molar-refractivity contribution is 5.78. The van der Waals surface area contributed by atoms with E-state index in [4.69, 9.17) is 0 Å². The second-order valence-corrected chi connectivity index (χ2v) is 10.8. The SMILES string of the molecule is CCC/C(=C/CCCN1/C(=C/C=[N+](C)C)C(Cc2ccccc2)(Cc2ccccc2)c2ccccc21)CC. The number of benzene rings is 3. The summed E-state index contributed by atoms with van der Waals surface area (Å²) in [6, 6.07) is 31.2. The monoisotopic (exact) mass is 505 g/mol. The molecule has 3 aromatic carbocycles. The van der Waals surface area contributed by atoms with Gasteiger partial charge in [0.2, 0.25) is 0 Å². The molecule has 1 aliphatic rings. The number of anilines is 1. The van der Waals surface area contributed by atoms with Gasteiger partial charge < -0.3 is 4.90 Å². The average molecular weight is 506 g/mol. The van der Waals surface area contributed by atoms with Gasteiger partial charge in [-0.2, -0.15) is 0 Å². The Morgan fingerprint density at radius 2 is 1.42 bits per heavy atom. The summed E-state index contributed by atoms with van der Waals surface area (Å²) < 4.78 is 2.16. The van der Waals surface area contributed by atoms with Crippen molar-refractivity contribution in [2.75, 3.05) is 25.5 Å². The quantitative estimate of drug-likeness (QED) is 0.104. The first-order valence-corrected chi connectivity index (χ1v) is 14.4. The molecule has 2 heteroatoms. The first-order valence-electron chi connectivity index (χ1n) is 14.4. The predicted octanol–water partition coefficient (Wildman–Crippen LogP) is 8.37. The van der Waals surface area contributed by atoms with Crippen LogP contribution in [0.5, 0.6) is 0 Å². The third-order valence-electron chi connectivity index (χ3n) is 7.76. The molecule has 0 saturated heterocycles. The van der Waals surface area contributed by atoms with Gasteiger partial charge in [-0.3, -0.25) is 0 Å². The Hall–Kier alpha value is -3.39. The van der Waals surface area contributed by atoms with E-state index in [2.05, 4.69) is 141 Å². The average Bonchev–Trinajstić information content (AvgIpc) is 3.18. The molecule has 0 unspecified atom stereocenters. The number of hydrogen-bond acceptors (Lipinski definition) is 1. The Bertz CT molecular complexity index is 1210. The number of rotatable bonds is 12. The third-order valence-corrected chi connectivity index (χ3v) is 7.76. The number of hydrogen-bond donors (Lipinski definition) is 0. The lowest BCUT2D eigenvalue weighted by Gasteiger charge is -2.34. The molecule has 38 heavy (non-hydrogen) atoms. The van der Waals surface area contributed by atoms with Gasteiger partial charge in [0, 0.05) is 29.4 Å². The van der Waals surface area contributed by atoms with Crippen molar-refractivity contribution in [2.24, 2.45) is 0 Å². The predicted molar refractivity (Wildman–Crippen MR) is 165 cm³/mol. The summed E-state index contributed by atoms with van der Waals surface area (Å²) in [6.45, 7) is 5.59. The van der Waals surface area contributed by atoms with E-state index in [1.165, 1.54) is 47.3 Å². The van der Waals surface area contributed by atoms with Crippen molar-refractivity contribution in [1.29, 1.82) is 0 Å². The van der Waals surface area contributed by atoms with Crippen LogP contribution in [0, 0.1) is 0 Å². The normalized spacial score (nSPS) is 15.5. The fourth-order valence-electron chi connectivity index (χ4n) is 5.97. The molecule has 3 aromatic rings. The van der Waals surface area contributed by atoms with Crippen molar-refractivity contribution in [1.82, 2.24) is 0 Å². The van der Waals surface area contributed by atoms with Gasteiger partial charge in [0.05, 0.1) is 0 Å². The highest BCUT2D eigenvalue weighted by Gasteiger charge is 2.47. The van der Waals surface area contributed by atoms with Gasteiger partial charge in [0.15, 0.2) is 6.21 Å². The Morgan fingerprint density at radius 3 is 2.00 bits per heavy atom. The molecule has 0 amide bonds. The minimum atomic E-state index is -0.140. The third kappa shape index (κ3) is 6.54. The highest BCUT2D eigenvalue weighted by atomic mass is 15.2. The second kappa shape index (κ2) is 13.4. The van der Waals surface area contributed by atoms with Crippen LogP contribution in [0.4, 0.5) is 5.69 Å². The van der Waals surface area contributed by atoms with Crippen molar-refractivity contribution in [3.05, 3.63) is 125 Å². The number of para-hydroxylation sites is 1. The van der Waals surface area contributed by atoms with Crippen molar-refractivity contribution < 1.29 is 4.58 Å². The lowest BCUT2D eigenvalue weighted by Crippen LogP contribution is -2.36. The van der Waals surface area contributed by atoms with Crippen LogP contribution in [0.3, 0.4) is 0 Å². The zero-order valence-corrected chi connectivity index (χ0v) is 23.9. The molecule has 198 valence electrons. The van der Waals surface area contributed by atoms with Crippen LogP contribution in [-0.4, -0.2) is 31.4 Å². The van der Waals surface area contributed by atoms with E-state index < -0.39 is 0 Å². The lowest BCUT2D eigenvalue weighted by atomic mass is 9.70. The Balaban J connectivity index is 1.79. The molecule has 0 bridgehead atoms. The van der Waals surface area contributed by atoms with E-state index in [1.807, 2.05) is 0 Å². The maximum absolute atomic E-state index is 2.63. The topological polar surface area (TPSA) is 6.25 Å². The van der Waals surface area contributed by atoms with Crippen LogP contribution in [0.15, 0.2) is 108 Å². The van der Waals surface area contributed by atoms with Crippen LogP contribution < -0.4 is 4.90 Å². The molecular formula is C36H45N2+.